The third-order valence-electron chi connectivity index (χ3n) is 4.46. The van der Waals surface area contributed by atoms with Crippen LogP contribution in [0.15, 0.2) is 12.1 Å². The van der Waals surface area contributed by atoms with Gasteiger partial charge in [0.15, 0.2) is 0 Å². The van der Waals surface area contributed by atoms with Crippen LogP contribution in [0.2, 0.25) is 0 Å². The van der Waals surface area contributed by atoms with Gasteiger partial charge in [-0.2, -0.15) is 0 Å². The molecule has 3 rings (SSSR count). The summed E-state index contributed by atoms with van der Waals surface area (Å²) >= 11 is 0. The van der Waals surface area contributed by atoms with Crippen molar-refractivity contribution < 1.29 is 14.4 Å². The zero-order valence-electron chi connectivity index (χ0n) is 11.4. The van der Waals surface area contributed by atoms with Crippen molar-refractivity contribution in [3.8, 4) is 0 Å². The number of hydroxylamine groups is 1. The monoisotopic (exact) mass is 278 g/mol. The van der Waals surface area contributed by atoms with Crippen LogP contribution in [0.3, 0.4) is 0 Å². The maximum atomic E-state index is 14.0. The van der Waals surface area contributed by atoms with Crippen LogP contribution in [0.4, 0.5) is 4.39 Å². The first-order valence-electron chi connectivity index (χ1n) is 7.15. The van der Waals surface area contributed by atoms with Gasteiger partial charge in [0.05, 0.1) is 0 Å². The number of fused-ring (bicyclic) bond motifs is 1. The molecule has 1 aliphatic heterocycles. The van der Waals surface area contributed by atoms with Gasteiger partial charge in [0.1, 0.15) is 5.82 Å². The van der Waals surface area contributed by atoms with Crippen LogP contribution in [-0.4, -0.2) is 29.1 Å². The molecular weight excluding hydrogens is 259 g/mol. The topological polar surface area (TPSA) is 52.6 Å². The lowest BCUT2D eigenvalue weighted by Crippen LogP contribution is -2.37. The number of halogens is 1. The molecule has 1 fully saturated rings. The number of hydrogen-bond donors (Lipinski definition) is 2. The Labute approximate surface area is 117 Å². The van der Waals surface area contributed by atoms with Crippen LogP contribution in [-0.2, 0) is 13.0 Å². The van der Waals surface area contributed by atoms with Gasteiger partial charge in [-0.3, -0.25) is 14.9 Å². The number of amides is 1. The smallest absolute Gasteiger partial charge is 0.274 e. The number of benzene rings is 1. The first-order valence-corrected chi connectivity index (χ1v) is 7.15. The Bertz CT molecular complexity index is 529. The largest absolute Gasteiger partial charge is 0.298 e. The van der Waals surface area contributed by atoms with Crippen LogP contribution < -0.4 is 5.48 Å². The van der Waals surface area contributed by atoms with Gasteiger partial charge in [-0.25, -0.2) is 9.87 Å². The second-order valence-electron chi connectivity index (χ2n) is 5.82. The summed E-state index contributed by atoms with van der Waals surface area (Å²) in [5.41, 5.74) is 3.31. The van der Waals surface area contributed by atoms with Crippen LogP contribution in [0.1, 0.15) is 40.7 Å². The molecule has 1 heterocycles. The Morgan fingerprint density at radius 2 is 2.25 bits per heavy atom. The van der Waals surface area contributed by atoms with Gasteiger partial charge < -0.3 is 0 Å². The van der Waals surface area contributed by atoms with E-state index in [2.05, 4.69) is 4.90 Å². The molecular formula is C15H19FN2O2. The molecule has 20 heavy (non-hydrogen) atoms. The van der Waals surface area contributed by atoms with E-state index in [-0.39, 0.29) is 11.4 Å². The second-order valence-corrected chi connectivity index (χ2v) is 5.82. The Morgan fingerprint density at radius 3 is 2.90 bits per heavy atom. The standard InChI is InChI=1S/C15H19FN2O2/c16-14-7-11(15(19)17-20)6-12-9-18(5-4-13(12)14)8-10-2-1-3-10/h6-7,10,20H,1-5,8-9H2,(H,17,19). The molecule has 4 nitrogen and oxygen atoms in total. The molecule has 108 valence electrons. The van der Waals surface area contributed by atoms with Crippen molar-refractivity contribution in [3.63, 3.8) is 0 Å². The minimum absolute atomic E-state index is 0.175. The lowest BCUT2D eigenvalue weighted by molar-refractivity contribution is 0.0705. The summed E-state index contributed by atoms with van der Waals surface area (Å²) in [4.78, 5) is 13.8. The fourth-order valence-electron chi connectivity index (χ4n) is 3.10. The van der Waals surface area contributed by atoms with E-state index in [1.54, 1.807) is 11.5 Å². The van der Waals surface area contributed by atoms with E-state index in [0.717, 1.165) is 24.6 Å². The van der Waals surface area contributed by atoms with E-state index < -0.39 is 5.91 Å². The number of hydrogen-bond acceptors (Lipinski definition) is 3. The molecule has 0 atom stereocenters. The van der Waals surface area contributed by atoms with Crippen molar-refractivity contribution in [1.29, 1.82) is 0 Å². The molecule has 0 unspecified atom stereocenters. The van der Waals surface area contributed by atoms with E-state index in [1.165, 1.54) is 25.3 Å². The number of nitrogens with zero attached hydrogens (tertiary/aromatic N) is 1. The van der Waals surface area contributed by atoms with Crippen molar-refractivity contribution in [2.24, 2.45) is 5.92 Å². The minimum atomic E-state index is -0.664. The average molecular weight is 278 g/mol. The zero-order valence-corrected chi connectivity index (χ0v) is 11.4. The van der Waals surface area contributed by atoms with E-state index in [0.29, 0.717) is 18.5 Å². The van der Waals surface area contributed by atoms with Crippen LogP contribution in [0.5, 0.6) is 0 Å². The van der Waals surface area contributed by atoms with Crippen molar-refractivity contribution in [2.45, 2.75) is 32.2 Å². The molecule has 0 radical (unpaired) electrons. The van der Waals surface area contributed by atoms with Crippen molar-refractivity contribution in [1.82, 2.24) is 10.4 Å². The predicted molar refractivity (Wildman–Crippen MR) is 72.0 cm³/mol. The molecule has 1 aromatic carbocycles. The zero-order chi connectivity index (χ0) is 14.1. The quantitative estimate of drug-likeness (QED) is 0.657. The van der Waals surface area contributed by atoms with E-state index >= 15 is 0 Å². The highest BCUT2D eigenvalue weighted by atomic mass is 19.1. The lowest BCUT2D eigenvalue weighted by Gasteiger charge is -2.35. The maximum absolute atomic E-state index is 14.0. The molecule has 1 aromatic rings. The summed E-state index contributed by atoms with van der Waals surface area (Å²) in [5.74, 6) is -0.225. The third-order valence-corrected chi connectivity index (χ3v) is 4.46. The van der Waals surface area contributed by atoms with Gasteiger partial charge in [0, 0.05) is 25.2 Å². The van der Waals surface area contributed by atoms with Crippen LogP contribution in [0.25, 0.3) is 0 Å². The third kappa shape index (κ3) is 2.55. The summed E-state index contributed by atoms with van der Waals surface area (Å²) < 4.78 is 14.0. The SMILES string of the molecule is O=C(NO)c1cc(F)c2c(c1)CN(CC1CCC1)CC2. The van der Waals surface area contributed by atoms with E-state index in [1.807, 2.05) is 0 Å². The molecule has 2 N–H and O–H groups in total. The van der Waals surface area contributed by atoms with Gasteiger partial charge in [0.25, 0.3) is 5.91 Å². The first kappa shape index (κ1) is 13.5. The highest BCUT2D eigenvalue weighted by Gasteiger charge is 2.25. The Morgan fingerprint density at radius 1 is 1.45 bits per heavy atom. The van der Waals surface area contributed by atoms with Gasteiger partial charge >= 0.3 is 0 Å². The molecule has 5 heteroatoms. The number of carbonyl (C=O) groups is 1. The highest BCUT2D eigenvalue weighted by Crippen LogP contribution is 2.30. The Balaban J connectivity index is 1.79. The Kier molecular flexibility index (Phi) is 3.72. The molecule has 2 aliphatic rings. The summed E-state index contributed by atoms with van der Waals surface area (Å²) in [7, 11) is 0. The molecule has 1 amide bonds. The summed E-state index contributed by atoms with van der Waals surface area (Å²) in [5, 5.41) is 8.66. The van der Waals surface area contributed by atoms with Crippen molar-refractivity contribution in [3.05, 3.63) is 34.6 Å². The molecule has 1 aliphatic carbocycles. The lowest BCUT2D eigenvalue weighted by atomic mass is 9.84. The summed E-state index contributed by atoms with van der Waals surface area (Å²) in [6.07, 6.45) is 4.61. The van der Waals surface area contributed by atoms with Gasteiger partial charge in [0.2, 0.25) is 0 Å². The van der Waals surface area contributed by atoms with E-state index in [4.69, 9.17) is 5.21 Å². The van der Waals surface area contributed by atoms with Crippen LogP contribution in [0, 0.1) is 11.7 Å². The number of nitrogens with one attached hydrogen (secondary N) is 1. The number of rotatable bonds is 3. The minimum Gasteiger partial charge on any atom is -0.298 e. The predicted octanol–water partition coefficient (Wildman–Crippen LogP) is 2.10. The van der Waals surface area contributed by atoms with Gasteiger partial charge in [-0.15, -0.1) is 0 Å². The Hall–Kier alpha value is -1.46. The summed E-state index contributed by atoms with van der Waals surface area (Å²) in [6, 6.07) is 2.89. The average Bonchev–Trinajstić information content (AvgIpc) is 2.41. The molecule has 0 bridgehead atoms. The maximum Gasteiger partial charge on any atom is 0.274 e. The molecule has 0 aromatic heterocycles. The van der Waals surface area contributed by atoms with Crippen molar-refractivity contribution >= 4 is 5.91 Å². The van der Waals surface area contributed by atoms with Crippen molar-refractivity contribution in [2.75, 3.05) is 13.1 Å². The molecule has 0 spiro atoms. The molecule has 1 saturated carbocycles. The van der Waals surface area contributed by atoms with E-state index in [9.17, 15) is 9.18 Å². The fraction of sp³-hybridized carbons (Fsp3) is 0.533. The first-order chi connectivity index (χ1) is 9.67. The number of carbonyl (C=O) groups excluding carboxylic acids is 1. The second kappa shape index (κ2) is 5.50. The normalized spacial score (nSPS) is 19.3. The summed E-state index contributed by atoms with van der Waals surface area (Å²) in [6.45, 7) is 2.64. The van der Waals surface area contributed by atoms with Crippen LogP contribution >= 0.6 is 0 Å². The fourth-order valence-corrected chi connectivity index (χ4v) is 3.10. The highest BCUT2D eigenvalue weighted by molar-refractivity contribution is 5.93. The van der Waals surface area contributed by atoms with Gasteiger partial charge in [-0.1, -0.05) is 6.42 Å². The molecule has 0 saturated heterocycles. The van der Waals surface area contributed by atoms with Gasteiger partial charge in [-0.05, 0) is 48.4 Å².